The first-order valence-corrected chi connectivity index (χ1v) is 19.3. The molecule has 0 aliphatic heterocycles. The Bertz CT molecular complexity index is 3120. The van der Waals surface area contributed by atoms with E-state index in [0.29, 0.717) is 5.82 Å². The average Bonchev–Trinajstić information content (AvgIpc) is 3.72. The van der Waals surface area contributed by atoms with Gasteiger partial charge in [-0.05, 0) is 86.6 Å². The van der Waals surface area contributed by atoms with Gasteiger partial charge >= 0.3 is 0 Å². The second-order valence-electron chi connectivity index (χ2n) is 15.4. The summed E-state index contributed by atoms with van der Waals surface area (Å²) in [6.45, 7) is 4.73. The zero-order valence-corrected chi connectivity index (χ0v) is 31.2. The maximum Gasteiger partial charge on any atom is 0.160 e. The molecule has 264 valence electrons. The van der Waals surface area contributed by atoms with Gasteiger partial charge in [-0.1, -0.05) is 159 Å². The topological polar surface area (TPSA) is 30.7 Å². The Kier molecular flexibility index (Phi) is 7.20. The third-order valence-corrected chi connectivity index (χ3v) is 11.8. The van der Waals surface area contributed by atoms with E-state index in [2.05, 4.69) is 200 Å². The minimum absolute atomic E-state index is 0.130. The maximum absolute atomic E-state index is 5.34. The molecule has 1 aliphatic rings. The molecule has 0 unspecified atom stereocenters. The molecule has 2 aromatic heterocycles. The molecule has 0 saturated heterocycles. The fourth-order valence-electron chi connectivity index (χ4n) is 9.20. The molecule has 3 nitrogen and oxygen atoms in total. The summed E-state index contributed by atoms with van der Waals surface area (Å²) < 4.78 is 2.36. The highest BCUT2D eigenvalue weighted by atomic mass is 15.0. The van der Waals surface area contributed by atoms with Gasteiger partial charge in [-0.15, -0.1) is 0 Å². The normalized spacial score (nSPS) is 13.0. The highest BCUT2D eigenvalue weighted by Crippen LogP contribution is 2.55. The van der Waals surface area contributed by atoms with Crippen LogP contribution >= 0.6 is 0 Å². The van der Waals surface area contributed by atoms with Crippen LogP contribution in [0.25, 0.3) is 94.4 Å². The fourth-order valence-corrected chi connectivity index (χ4v) is 9.20. The van der Waals surface area contributed by atoms with Gasteiger partial charge in [0, 0.05) is 38.6 Å². The van der Waals surface area contributed by atoms with Gasteiger partial charge in [-0.2, -0.15) is 0 Å². The van der Waals surface area contributed by atoms with Gasteiger partial charge in [0.15, 0.2) is 5.82 Å². The zero-order valence-electron chi connectivity index (χ0n) is 31.2. The first-order valence-electron chi connectivity index (χ1n) is 19.3. The van der Waals surface area contributed by atoms with Crippen molar-refractivity contribution in [3.05, 3.63) is 199 Å². The summed E-state index contributed by atoms with van der Waals surface area (Å²) in [5.41, 5.74) is 15.9. The van der Waals surface area contributed by atoms with Crippen molar-refractivity contribution >= 4 is 32.6 Å². The van der Waals surface area contributed by atoms with E-state index >= 15 is 0 Å². The predicted molar refractivity (Wildman–Crippen MR) is 233 cm³/mol. The Morgan fingerprint density at radius 1 is 0.429 bits per heavy atom. The minimum atomic E-state index is -0.130. The average molecular weight is 716 g/mol. The van der Waals surface area contributed by atoms with Gasteiger partial charge in [-0.3, -0.25) is 0 Å². The molecule has 2 heterocycles. The van der Waals surface area contributed by atoms with Crippen LogP contribution in [0, 0.1) is 0 Å². The van der Waals surface area contributed by atoms with Crippen LogP contribution in [0.3, 0.4) is 0 Å². The van der Waals surface area contributed by atoms with E-state index in [4.69, 9.17) is 9.97 Å². The van der Waals surface area contributed by atoms with Crippen LogP contribution in [0.15, 0.2) is 188 Å². The molecule has 0 saturated carbocycles. The lowest BCUT2D eigenvalue weighted by Crippen LogP contribution is -2.15. The van der Waals surface area contributed by atoms with E-state index < -0.39 is 0 Å². The lowest BCUT2D eigenvalue weighted by molar-refractivity contribution is 0.666. The van der Waals surface area contributed by atoms with E-state index in [-0.39, 0.29) is 5.41 Å². The largest absolute Gasteiger partial charge is 0.309 e. The second-order valence-corrected chi connectivity index (χ2v) is 15.4. The Labute approximate surface area is 326 Å². The van der Waals surface area contributed by atoms with Crippen molar-refractivity contribution in [2.75, 3.05) is 0 Å². The SMILES string of the molecule is CC1(C)c2ccccc2-c2c(-c3cccc(-c4nc(-c5ccccc5)cc(-c5cccc(-n6c7ccccc7c7ccccc76)c5)n4)c3)cc3ccccc3c21. The molecular weight excluding hydrogens is 679 g/mol. The number of para-hydroxylation sites is 2. The predicted octanol–water partition coefficient (Wildman–Crippen LogP) is 13.7. The third-order valence-electron chi connectivity index (χ3n) is 11.8. The molecule has 0 N–H and O–H groups in total. The maximum atomic E-state index is 5.34. The molecule has 0 radical (unpaired) electrons. The molecule has 3 heteroatoms. The molecule has 0 fully saturated rings. The summed E-state index contributed by atoms with van der Waals surface area (Å²) in [7, 11) is 0. The standard InChI is InChI=1S/C53H37N3/c1-53(2)45-27-11-8-26-43(45)50-44(32-36-18-6-7-23-40(36)51(50)53)35-19-14-21-38(30-35)52-54-46(34-16-4-3-5-17-34)33-47(55-52)37-20-15-22-39(31-37)56-48-28-12-9-24-41(48)42-25-10-13-29-49(42)56/h3-33H,1-2H3. The first-order chi connectivity index (χ1) is 27.5. The molecular formula is C53H37N3. The van der Waals surface area contributed by atoms with E-state index in [1.165, 1.54) is 60.4 Å². The minimum Gasteiger partial charge on any atom is -0.309 e. The summed E-state index contributed by atoms with van der Waals surface area (Å²) in [5.74, 6) is 0.698. The molecule has 8 aromatic carbocycles. The van der Waals surface area contributed by atoms with Crippen LogP contribution in [-0.4, -0.2) is 14.5 Å². The van der Waals surface area contributed by atoms with E-state index in [1.807, 2.05) is 6.07 Å². The van der Waals surface area contributed by atoms with E-state index in [0.717, 1.165) is 39.3 Å². The Hall–Kier alpha value is -7.10. The van der Waals surface area contributed by atoms with Gasteiger partial charge in [0.2, 0.25) is 0 Å². The van der Waals surface area contributed by atoms with Gasteiger partial charge in [-0.25, -0.2) is 9.97 Å². The van der Waals surface area contributed by atoms with Crippen LogP contribution in [0.5, 0.6) is 0 Å². The lowest BCUT2D eigenvalue weighted by atomic mass is 9.79. The number of rotatable bonds is 5. The van der Waals surface area contributed by atoms with E-state index in [9.17, 15) is 0 Å². The Morgan fingerprint density at radius 3 is 1.80 bits per heavy atom. The number of aromatic nitrogens is 3. The van der Waals surface area contributed by atoms with Crippen LogP contribution in [0.1, 0.15) is 25.0 Å². The number of hydrogen-bond acceptors (Lipinski definition) is 2. The summed E-state index contributed by atoms with van der Waals surface area (Å²) in [6, 6.07) is 67.5. The number of nitrogens with zero attached hydrogens (tertiary/aromatic N) is 3. The third kappa shape index (κ3) is 4.98. The van der Waals surface area contributed by atoms with Crippen LogP contribution < -0.4 is 0 Å². The molecule has 0 spiro atoms. The van der Waals surface area contributed by atoms with Gasteiger partial charge in [0.25, 0.3) is 0 Å². The number of fused-ring (bicyclic) bond motifs is 8. The van der Waals surface area contributed by atoms with Crippen molar-refractivity contribution in [1.82, 2.24) is 14.5 Å². The Morgan fingerprint density at radius 2 is 1.02 bits per heavy atom. The number of hydrogen-bond donors (Lipinski definition) is 0. The summed E-state index contributed by atoms with van der Waals surface area (Å²) in [5, 5.41) is 5.05. The van der Waals surface area contributed by atoms with Crippen molar-refractivity contribution in [1.29, 1.82) is 0 Å². The zero-order chi connectivity index (χ0) is 37.4. The van der Waals surface area contributed by atoms with Crippen LogP contribution in [0.4, 0.5) is 0 Å². The molecule has 10 aromatic rings. The van der Waals surface area contributed by atoms with Crippen molar-refractivity contribution in [2.45, 2.75) is 19.3 Å². The monoisotopic (exact) mass is 715 g/mol. The van der Waals surface area contributed by atoms with Crippen LogP contribution in [-0.2, 0) is 5.41 Å². The lowest BCUT2D eigenvalue weighted by Gasteiger charge is -2.24. The van der Waals surface area contributed by atoms with Gasteiger partial charge in [0.05, 0.1) is 22.4 Å². The van der Waals surface area contributed by atoms with Crippen LogP contribution in [0.2, 0.25) is 0 Å². The summed E-state index contributed by atoms with van der Waals surface area (Å²) in [6.07, 6.45) is 0. The van der Waals surface area contributed by atoms with Gasteiger partial charge in [0.1, 0.15) is 0 Å². The van der Waals surface area contributed by atoms with Crippen molar-refractivity contribution in [3.8, 4) is 61.8 Å². The molecule has 11 rings (SSSR count). The smallest absolute Gasteiger partial charge is 0.160 e. The highest BCUT2D eigenvalue weighted by Gasteiger charge is 2.38. The first kappa shape index (κ1) is 32.3. The molecule has 56 heavy (non-hydrogen) atoms. The second kappa shape index (κ2) is 12.5. The Balaban J connectivity index is 1.10. The molecule has 1 aliphatic carbocycles. The van der Waals surface area contributed by atoms with E-state index in [1.54, 1.807) is 0 Å². The van der Waals surface area contributed by atoms with Crippen molar-refractivity contribution < 1.29 is 0 Å². The molecule has 0 atom stereocenters. The number of benzene rings is 8. The highest BCUT2D eigenvalue weighted by molar-refractivity contribution is 6.09. The molecule has 0 bridgehead atoms. The van der Waals surface area contributed by atoms with Crippen molar-refractivity contribution in [2.24, 2.45) is 0 Å². The molecule has 0 amide bonds. The summed E-state index contributed by atoms with van der Waals surface area (Å²) >= 11 is 0. The van der Waals surface area contributed by atoms with Gasteiger partial charge < -0.3 is 4.57 Å². The van der Waals surface area contributed by atoms with Crippen molar-refractivity contribution in [3.63, 3.8) is 0 Å². The fraction of sp³-hybridized carbons (Fsp3) is 0.0566. The summed E-state index contributed by atoms with van der Waals surface area (Å²) in [4.78, 5) is 10.6. The quantitative estimate of drug-likeness (QED) is 0.178.